The van der Waals surface area contributed by atoms with E-state index in [0.717, 1.165) is 74.8 Å². The molecule has 7 heterocycles. The number of anilines is 5. The molecule has 5 N–H and O–H groups in total. The fraction of sp³-hybridized carbons (Fsp3) is 0.478. The number of nitrogens with zero attached hydrogens (tertiary/aromatic N) is 7. The highest BCUT2D eigenvalue weighted by Crippen LogP contribution is 2.41. The van der Waals surface area contributed by atoms with E-state index in [4.69, 9.17) is 15.2 Å². The van der Waals surface area contributed by atoms with E-state index < -0.39 is 5.60 Å². The number of aromatic hydroxyl groups is 1. The van der Waals surface area contributed by atoms with Crippen LogP contribution < -0.4 is 35.4 Å². The molecule has 0 aliphatic carbocycles. The second kappa shape index (κ2) is 16.3. The minimum Gasteiger partial charge on any atom is -0.507 e. The van der Waals surface area contributed by atoms with Gasteiger partial charge in [-0.25, -0.2) is 0 Å². The molecule has 0 radical (unpaired) electrons. The quantitative estimate of drug-likeness (QED) is 0.181. The molecule has 0 spiro atoms. The van der Waals surface area contributed by atoms with Crippen molar-refractivity contribution in [3.05, 3.63) is 78.4 Å². The van der Waals surface area contributed by atoms with Crippen LogP contribution >= 0.6 is 0 Å². The largest absolute Gasteiger partial charge is 0.507 e. The van der Waals surface area contributed by atoms with Gasteiger partial charge in [-0.1, -0.05) is 24.3 Å². The minimum atomic E-state index is -0.742. The fourth-order valence-electron chi connectivity index (χ4n) is 10.6. The molecule has 0 unspecified atom stereocenters. The average Bonchev–Trinajstić information content (AvgIpc) is 3.69. The highest BCUT2D eigenvalue weighted by atomic mass is 16.5. The molecule has 320 valence electrons. The molecule has 6 aliphatic rings. The molecule has 2 amide bonds. The maximum absolute atomic E-state index is 12.7. The summed E-state index contributed by atoms with van der Waals surface area (Å²) >= 11 is 0. The number of benzene rings is 3. The van der Waals surface area contributed by atoms with Crippen molar-refractivity contribution < 1.29 is 29.3 Å². The molecule has 15 heteroatoms. The molecule has 61 heavy (non-hydrogen) atoms. The van der Waals surface area contributed by atoms with Gasteiger partial charge >= 0.3 is 0 Å². The highest BCUT2D eigenvalue weighted by molar-refractivity contribution is 6.02. The predicted octanol–water partition coefficient (Wildman–Crippen LogP) is 3.57. The zero-order valence-corrected chi connectivity index (χ0v) is 34.5. The second-order valence-corrected chi connectivity index (χ2v) is 17.7. The van der Waals surface area contributed by atoms with Crippen LogP contribution in [0.1, 0.15) is 44.1 Å². The van der Waals surface area contributed by atoms with Crippen molar-refractivity contribution in [3.8, 4) is 22.8 Å². The zero-order valence-electron chi connectivity index (χ0n) is 34.5. The summed E-state index contributed by atoms with van der Waals surface area (Å²) in [6, 6.07) is 23.7. The molecule has 2 bridgehead atoms. The molecule has 0 saturated carbocycles. The van der Waals surface area contributed by atoms with E-state index in [-0.39, 0.29) is 41.8 Å². The number of nitrogens with two attached hydrogens (primary N) is 1. The van der Waals surface area contributed by atoms with Crippen LogP contribution in [0, 0.1) is 0 Å². The van der Waals surface area contributed by atoms with E-state index in [2.05, 4.69) is 76.4 Å². The number of phenolic OH excluding ortho intramolecular Hbond substituents is 1. The second-order valence-electron chi connectivity index (χ2n) is 17.7. The van der Waals surface area contributed by atoms with Crippen LogP contribution in [0.15, 0.2) is 72.8 Å². The lowest BCUT2D eigenvalue weighted by Gasteiger charge is -2.51. The summed E-state index contributed by atoms with van der Waals surface area (Å²) in [5.41, 5.74) is 12.3. The predicted molar refractivity (Wildman–Crippen MR) is 233 cm³/mol. The van der Waals surface area contributed by atoms with Crippen molar-refractivity contribution in [2.75, 3.05) is 90.9 Å². The SMILES string of the molecule is Nc1nnc(-c2ccccc2O)cc1N1C[C@H]2COC[C@@H](C1)N2c1cccc(OC2CCN(CC3(O)CCN(c4cccc5c4CCN5[C@H]4CCC(=O)NC4=O)CC3)CC2)c1. The number of aliphatic hydroxyl groups is 1. The van der Waals surface area contributed by atoms with Crippen molar-refractivity contribution >= 4 is 40.4 Å². The summed E-state index contributed by atoms with van der Waals surface area (Å²) in [7, 11) is 0. The smallest absolute Gasteiger partial charge is 0.249 e. The lowest BCUT2D eigenvalue weighted by molar-refractivity contribution is -0.134. The number of ether oxygens (including phenoxy) is 2. The van der Waals surface area contributed by atoms with Gasteiger partial charge in [0.15, 0.2) is 5.82 Å². The number of aromatic nitrogens is 2. The van der Waals surface area contributed by atoms with Gasteiger partial charge in [0, 0.05) is 93.0 Å². The number of β-amino-alcohol motifs (C(OH)–C–C–N with tert-alkyl or cyclic N) is 1. The van der Waals surface area contributed by atoms with Crippen LogP contribution in [-0.4, -0.2) is 133 Å². The van der Waals surface area contributed by atoms with Crippen molar-refractivity contribution in [3.63, 3.8) is 0 Å². The van der Waals surface area contributed by atoms with Crippen molar-refractivity contribution in [1.82, 2.24) is 20.4 Å². The van der Waals surface area contributed by atoms with Crippen LogP contribution in [0.5, 0.6) is 11.5 Å². The third-order valence-corrected chi connectivity index (χ3v) is 13.7. The summed E-state index contributed by atoms with van der Waals surface area (Å²) in [4.78, 5) is 36.2. The standard InChI is InChI=1S/C46H55N9O6/c47-44-41(24-37(49-50-44)35-7-1-2-10-42(35)56)53-25-31-27-60-28-32(26-53)55(31)30-5-3-6-34(23-30)61-33-13-18-51(19-14-33)29-46(59)16-21-52(22-17-46)38-8-4-9-39-36(38)15-20-54(39)40-11-12-43(57)48-45(40)58/h1-10,23-24,31-33,40,56,59H,11-22,25-29H2,(H2,47,50)(H,48,57,58)/t31-,32+,40-/m0/s1. The Morgan fingerprint density at radius 3 is 2.34 bits per heavy atom. The summed E-state index contributed by atoms with van der Waals surface area (Å²) in [6.45, 7) is 7.30. The van der Waals surface area contributed by atoms with Gasteiger partial charge in [0.05, 0.1) is 42.3 Å². The van der Waals surface area contributed by atoms with Crippen molar-refractivity contribution in [2.24, 2.45) is 0 Å². The number of hydrogen-bond donors (Lipinski definition) is 4. The minimum absolute atomic E-state index is 0.0913. The van der Waals surface area contributed by atoms with Gasteiger partial charge in [-0.15, -0.1) is 10.2 Å². The number of para-hydroxylation sites is 1. The number of nitrogen functional groups attached to an aromatic ring is 1. The number of phenols is 1. The van der Waals surface area contributed by atoms with Crippen molar-refractivity contribution in [1.29, 1.82) is 0 Å². The van der Waals surface area contributed by atoms with Crippen LogP contribution in [0.25, 0.3) is 11.3 Å². The summed E-state index contributed by atoms with van der Waals surface area (Å²) in [6.07, 6.45) is 5.08. The normalized spacial score (nSPS) is 24.4. The van der Waals surface area contributed by atoms with Gasteiger partial charge in [0.2, 0.25) is 11.8 Å². The van der Waals surface area contributed by atoms with Crippen LogP contribution in [0.2, 0.25) is 0 Å². The molecule has 4 aromatic rings. The number of likely N-dealkylation sites (tertiary alicyclic amines) is 1. The lowest BCUT2D eigenvalue weighted by atomic mass is 9.89. The number of morpholine rings is 1. The first-order chi connectivity index (χ1) is 29.7. The van der Waals surface area contributed by atoms with E-state index in [9.17, 15) is 19.8 Å². The molecule has 5 saturated heterocycles. The molecular weight excluding hydrogens is 775 g/mol. The molecule has 3 atom stereocenters. The third-order valence-electron chi connectivity index (χ3n) is 13.7. The van der Waals surface area contributed by atoms with Crippen LogP contribution in [0.3, 0.4) is 0 Å². The number of hydrogen-bond acceptors (Lipinski definition) is 14. The van der Waals surface area contributed by atoms with Gasteiger partial charge in [0.1, 0.15) is 23.6 Å². The Kier molecular flexibility index (Phi) is 10.6. The number of imide groups is 1. The molecule has 6 aliphatic heterocycles. The van der Waals surface area contributed by atoms with E-state index >= 15 is 0 Å². The monoisotopic (exact) mass is 829 g/mol. The summed E-state index contributed by atoms with van der Waals surface area (Å²) in [5, 5.41) is 33.3. The number of carbonyl (C=O) groups excluding carboxylic acids is 2. The Morgan fingerprint density at radius 2 is 1.57 bits per heavy atom. The first-order valence-electron chi connectivity index (χ1n) is 21.9. The van der Waals surface area contributed by atoms with E-state index in [0.29, 0.717) is 75.6 Å². The zero-order chi connectivity index (χ0) is 41.7. The van der Waals surface area contributed by atoms with Crippen LogP contribution in [-0.2, 0) is 20.7 Å². The van der Waals surface area contributed by atoms with Crippen LogP contribution in [0.4, 0.5) is 28.6 Å². The van der Waals surface area contributed by atoms with E-state index in [1.165, 1.54) is 11.3 Å². The van der Waals surface area contributed by atoms with Gasteiger partial charge in [-0.05, 0) is 81.0 Å². The Hall–Kier alpha value is -5.64. The Bertz CT molecular complexity index is 2260. The highest BCUT2D eigenvalue weighted by Gasteiger charge is 2.41. The molecule has 5 fully saturated rings. The van der Waals surface area contributed by atoms with Gasteiger partial charge in [0.25, 0.3) is 0 Å². The van der Waals surface area contributed by atoms with E-state index in [1.54, 1.807) is 12.1 Å². The maximum atomic E-state index is 12.7. The molecule has 1 aromatic heterocycles. The van der Waals surface area contributed by atoms with Gasteiger partial charge in [-0.2, -0.15) is 0 Å². The first kappa shape index (κ1) is 39.5. The topological polar surface area (TPSA) is 173 Å². The summed E-state index contributed by atoms with van der Waals surface area (Å²) < 4.78 is 12.7. The number of piperazine rings is 1. The Morgan fingerprint density at radius 1 is 0.820 bits per heavy atom. The van der Waals surface area contributed by atoms with Gasteiger partial charge < -0.3 is 49.9 Å². The van der Waals surface area contributed by atoms with Crippen molar-refractivity contribution in [2.45, 2.75) is 74.8 Å². The lowest BCUT2D eigenvalue weighted by Crippen LogP contribution is -2.65. The molecule has 10 rings (SSSR count). The molecule has 15 nitrogen and oxygen atoms in total. The number of amides is 2. The average molecular weight is 830 g/mol. The number of nitrogens with one attached hydrogen (secondary N) is 1. The number of rotatable bonds is 9. The Balaban J connectivity index is 0.725. The fourth-order valence-corrected chi connectivity index (χ4v) is 10.6. The molecular formula is C46H55N9O6. The first-order valence-corrected chi connectivity index (χ1v) is 21.9. The third kappa shape index (κ3) is 7.90. The Labute approximate surface area is 356 Å². The van der Waals surface area contributed by atoms with Gasteiger partial charge in [-0.3, -0.25) is 14.9 Å². The summed E-state index contributed by atoms with van der Waals surface area (Å²) in [5.74, 6) is 0.992. The number of carbonyl (C=O) groups is 2. The number of piperidine rings is 3. The van der Waals surface area contributed by atoms with E-state index in [1.807, 2.05) is 24.3 Å². The maximum Gasteiger partial charge on any atom is 0.249 e. The number of fused-ring (bicyclic) bond motifs is 3. The molecule has 3 aromatic carbocycles.